The van der Waals surface area contributed by atoms with Crippen LogP contribution in [0.2, 0.25) is 0 Å². The van der Waals surface area contributed by atoms with Crippen molar-refractivity contribution >= 4 is 0 Å². The first-order chi connectivity index (χ1) is 4.98. The van der Waals surface area contributed by atoms with Crippen molar-refractivity contribution in [2.75, 3.05) is 0 Å². The number of rotatable bonds is 4. The smallest absolute Gasteiger partial charge is 0.0654 e. The van der Waals surface area contributed by atoms with Crippen LogP contribution in [0.1, 0.15) is 60.3 Å². The van der Waals surface area contributed by atoms with E-state index in [9.17, 15) is 0 Å². The molecule has 12 heavy (non-hydrogen) atoms. The average Bonchev–Trinajstić information content (AvgIpc) is 1.86. The Morgan fingerprint density at radius 1 is 1.08 bits per heavy atom. The summed E-state index contributed by atoms with van der Waals surface area (Å²) in [6, 6.07) is 0. The molecular formula is C11H24Li+. The first-order valence-electron chi connectivity index (χ1n) is 4.98. The maximum atomic E-state index is 2.37. The Kier molecular flexibility index (Phi) is 8.86. The number of hydrogen-bond donors (Lipinski definition) is 0. The molecule has 1 unspecified atom stereocenters. The van der Waals surface area contributed by atoms with E-state index in [4.69, 9.17) is 0 Å². The van der Waals surface area contributed by atoms with Crippen LogP contribution >= 0.6 is 0 Å². The molecule has 0 heterocycles. The van der Waals surface area contributed by atoms with Crippen molar-refractivity contribution in [1.82, 2.24) is 0 Å². The van der Waals surface area contributed by atoms with Crippen LogP contribution in [0, 0.1) is 11.3 Å². The van der Waals surface area contributed by atoms with E-state index in [1.807, 2.05) is 0 Å². The van der Waals surface area contributed by atoms with Gasteiger partial charge in [-0.3, -0.25) is 0 Å². The molecule has 0 fully saturated rings. The largest absolute Gasteiger partial charge is 1.00 e. The SMILES string of the molecule is CCCCCC(C)C(C)(C)C.[Li+]. The first kappa shape index (κ1) is 15.1. The topological polar surface area (TPSA) is 0 Å². The summed E-state index contributed by atoms with van der Waals surface area (Å²) < 4.78 is 0. The van der Waals surface area contributed by atoms with Crippen molar-refractivity contribution in [1.29, 1.82) is 0 Å². The van der Waals surface area contributed by atoms with Gasteiger partial charge in [0, 0.05) is 0 Å². The summed E-state index contributed by atoms with van der Waals surface area (Å²) in [5, 5.41) is 0. The third-order valence-electron chi connectivity index (χ3n) is 2.72. The van der Waals surface area contributed by atoms with Crippen molar-refractivity contribution in [2.24, 2.45) is 11.3 Å². The molecule has 1 heteroatoms. The zero-order chi connectivity index (χ0) is 8.91. The van der Waals surface area contributed by atoms with E-state index >= 15 is 0 Å². The summed E-state index contributed by atoms with van der Waals surface area (Å²) in [5.74, 6) is 0.869. The molecular weight excluding hydrogens is 139 g/mol. The second kappa shape index (κ2) is 7.04. The van der Waals surface area contributed by atoms with Gasteiger partial charge in [0.05, 0.1) is 0 Å². The van der Waals surface area contributed by atoms with Crippen LogP contribution in [0.3, 0.4) is 0 Å². The normalized spacial score (nSPS) is 13.8. The van der Waals surface area contributed by atoms with Crippen LogP contribution in [0.4, 0.5) is 0 Å². The summed E-state index contributed by atoms with van der Waals surface area (Å²) >= 11 is 0. The Balaban J connectivity index is 0. The van der Waals surface area contributed by atoms with Crippen molar-refractivity contribution in [3.8, 4) is 0 Å². The zero-order valence-corrected chi connectivity index (χ0v) is 9.91. The van der Waals surface area contributed by atoms with Gasteiger partial charge in [-0.15, -0.1) is 0 Å². The average molecular weight is 163 g/mol. The minimum Gasteiger partial charge on any atom is -0.0654 e. The Hall–Kier alpha value is 0.597. The second-order valence-corrected chi connectivity index (χ2v) is 4.76. The van der Waals surface area contributed by atoms with Crippen LogP contribution in [0.15, 0.2) is 0 Å². The monoisotopic (exact) mass is 163 g/mol. The third kappa shape index (κ3) is 7.26. The quantitative estimate of drug-likeness (QED) is 0.432. The third-order valence-corrected chi connectivity index (χ3v) is 2.72. The van der Waals surface area contributed by atoms with E-state index in [2.05, 4.69) is 34.6 Å². The van der Waals surface area contributed by atoms with Crippen LogP contribution in [0.25, 0.3) is 0 Å². The van der Waals surface area contributed by atoms with Crippen molar-refractivity contribution in [3.05, 3.63) is 0 Å². The van der Waals surface area contributed by atoms with Gasteiger partial charge in [-0.1, -0.05) is 60.3 Å². The Bertz CT molecular complexity index is 91.7. The van der Waals surface area contributed by atoms with E-state index in [1.165, 1.54) is 25.7 Å². The maximum absolute atomic E-state index is 2.37. The van der Waals surface area contributed by atoms with Gasteiger partial charge >= 0.3 is 18.9 Å². The molecule has 0 aliphatic carbocycles. The molecule has 0 spiro atoms. The van der Waals surface area contributed by atoms with Gasteiger partial charge in [-0.2, -0.15) is 0 Å². The van der Waals surface area contributed by atoms with E-state index in [0.29, 0.717) is 5.41 Å². The van der Waals surface area contributed by atoms with Gasteiger partial charge in [0.15, 0.2) is 0 Å². The molecule has 0 N–H and O–H groups in total. The van der Waals surface area contributed by atoms with Gasteiger partial charge in [-0.25, -0.2) is 0 Å². The summed E-state index contributed by atoms with van der Waals surface area (Å²) in [6.07, 6.45) is 5.56. The Labute approximate surface area is 90.7 Å². The Morgan fingerprint density at radius 2 is 1.58 bits per heavy atom. The molecule has 0 aromatic carbocycles. The standard InChI is InChI=1S/C11H24.Li/c1-6-7-8-9-10(2)11(3,4)5;/h10H,6-9H2,1-5H3;/q;+1. The van der Waals surface area contributed by atoms with Gasteiger partial charge in [0.25, 0.3) is 0 Å². The zero-order valence-electron chi connectivity index (χ0n) is 9.91. The molecule has 0 radical (unpaired) electrons. The molecule has 0 saturated carbocycles. The fraction of sp³-hybridized carbons (Fsp3) is 1.00. The Morgan fingerprint density at radius 3 is 1.92 bits per heavy atom. The molecule has 0 aromatic heterocycles. The fourth-order valence-electron chi connectivity index (χ4n) is 1.13. The molecule has 0 aliphatic heterocycles. The predicted molar refractivity (Wildman–Crippen MR) is 52.8 cm³/mol. The summed E-state index contributed by atoms with van der Waals surface area (Å²) in [4.78, 5) is 0. The maximum Gasteiger partial charge on any atom is 1.00 e. The van der Waals surface area contributed by atoms with Gasteiger partial charge in [0.1, 0.15) is 0 Å². The summed E-state index contributed by atoms with van der Waals surface area (Å²) in [7, 11) is 0. The first-order valence-corrected chi connectivity index (χ1v) is 4.98. The molecule has 68 valence electrons. The molecule has 0 aromatic rings. The minimum atomic E-state index is 0. The van der Waals surface area contributed by atoms with Crippen LogP contribution in [-0.4, -0.2) is 0 Å². The molecule has 0 amide bonds. The van der Waals surface area contributed by atoms with E-state index < -0.39 is 0 Å². The molecule has 1 atom stereocenters. The molecule has 0 rings (SSSR count). The van der Waals surface area contributed by atoms with Gasteiger partial charge < -0.3 is 0 Å². The van der Waals surface area contributed by atoms with Crippen molar-refractivity contribution in [2.45, 2.75) is 60.3 Å². The fourth-order valence-corrected chi connectivity index (χ4v) is 1.13. The molecule has 0 bridgehead atoms. The summed E-state index contributed by atoms with van der Waals surface area (Å²) in [5.41, 5.74) is 0.508. The molecule has 0 nitrogen and oxygen atoms in total. The van der Waals surface area contributed by atoms with E-state index in [1.54, 1.807) is 0 Å². The minimum absolute atomic E-state index is 0. The van der Waals surface area contributed by atoms with Crippen LogP contribution in [0.5, 0.6) is 0 Å². The predicted octanol–water partition coefficient (Wildman–Crippen LogP) is 1.25. The molecule has 0 aliphatic rings. The van der Waals surface area contributed by atoms with Crippen molar-refractivity contribution in [3.63, 3.8) is 0 Å². The van der Waals surface area contributed by atoms with Gasteiger partial charge in [-0.05, 0) is 11.3 Å². The van der Waals surface area contributed by atoms with Gasteiger partial charge in [0.2, 0.25) is 0 Å². The van der Waals surface area contributed by atoms with E-state index in [0.717, 1.165) is 5.92 Å². The van der Waals surface area contributed by atoms with E-state index in [-0.39, 0.29) is 18.9 Å². The molecule has 0 saturated heterocycles. The van der Waals surface area contributed by atoms with Crippen LogP contribution < -0.4 is 18.9 Å². The second-order valence-electron chi connectivity index (χ2n) is 4.76. The number of hydrogen-bond acceptors (Lipinski definition) is 0. The van der Waals surface area contributed by atoms with Crippen molar-refractivity contribution < 1.29 is 18.9 Å². The van der Waals surface area contributed by atoms with Crippen LogP contribution in [-0.2, 0) is 0 Å². The summed E-state index contributed by atoms with van der Waals surface area (Å²) in [6.45, 7) is 11.6. The number of unbranched alkanes of at least 4 members (excludes halogenated alkanes) is 2.